The van der Waals surface area contributed by atoms with Gasteiger partial charge in [0.15, 0.2) is 11.0 Å². The first kappa shape index (κ1) is 19.1. The Balaban J connectivity index is 1.92. The lowest BCUT2D eigenvalue weighted by molar-refractivity contribution is 0.305. The third-order valence-electron chi connectivity index (χ3n) is 4.34. The minimum atomic E-state index is -0.277. The van der Waals surface area contributed by atoms with Gasteiger partial charge in [-0.2, -0.15) is 5.26 Å². The van der Waals surface area contributed by atoms with E-state index in [2.05, 4.69) is 28.1 Å². The smallest absolute Gasteiger partial charge is 0.196 e. The Labute approximate surface area is 162 Å². The molecule has 138 valence electrons. The minimum Gasteiger partial charge on any atom is -0.300 e. The molecule has 7 heteroatoms. The second-order valence-electron chi connectivity index (χ2n) is 6.39. The molecule has 0 N–H and O–H groups in total. The number of nitriles is 1. The molecule has 3 rings (SSSR count). The quantitative estimate of drug-likeness (QED) is 0.599. The molecule has 0 saturated heterocycles. The average molecular weight is 381 g/mol. The van der Waals surface area contributed by atoms with Crippen LogP contribution in [0.4, 0.5) is 4.39 Å². The topological polar surface area (TPSA) is 57.7 Å². The molecule has 3 aromatic rings. The van der Waals surface area contributed by atoms with E-state index < -0.39 is 0 Å². The van der Waals surface area contributed by atoms with Gasteiger partial charge < -0.3 is 0 Å². The van der Waals surface area contributed by atoms with E-state index in [1.54, 1.807) is 36.0 Å². The van der Waals surface area contributed by atoms with Gasteiger partial charge in [0, 0.05) is 11.4 Å². The highest BCUT2D eigenvalue weighted by molar-refractivity contribution is 7.98. The highest BCUT2D eigenvalue weighted by atomic mass is 32.2. The van der Waals surface area contributed by atoms with E-state index in [4.69, 9.17) is 5.26 Å². The fourth-order valence-electron chi connectivity index (χ4n) is 2.53. The largest absolute Gasteiger partial charge is 0.300 e. The predicted molar refractivity (Wildman–Crippen MR) is 104 cm³/mol. The molecular weight excluding hydrogens is 361 g/mol. The van der Waals surface area contributed by atoms with Crippen molar-refractivity contribution in [2.45, 2.75) is 23.9 Å². The van der Waals surface area contributed by atoms with Crippen LogP contribution in [0.5, 0.6) is 0 Å². The SMILES string of the molecule is C[C@@H](c1nnc(SCc2ccc(C#N)cc2)n1-c1ccc(F)cc1)N(C)C. The summed E-state index contributed by atoms with van der Waals surface area (Å²) >= 11 is 1.56. The summed E-state index contributed by atoms with van der Waals surface area (Å²) in [6.45, 7) is 2.05. The highest BCUT2D eigenvalue weighted by Crippen LogP contribution is 2.28. The molecule has 1 aromatic heterocycles. The first-order valence-electron chi connectivity index (χ1n) is 8.49. The number of hydrogen-bond donors (Lipinski definition) is 0. The van der Waals surface area contributed by atoms with Crippen molar-refractivity contribution in [2.24, 2.45) is 0 Å². The molecular formula is C20H20FN5S. The summed E-state index contributed by atoms with van der Waals surface area (Å²) in [5, 5.41) is 18.4. The number of nitrogens with zero attached hydrogens (tertiary/aromatic N) is 5. The first-order valence-corrected chi connectivity index (χ1v) is 9.47. The highest BCUT2D eigenvalue weighted by Gasteiger charge is 2.21. The normalized spacial score (nSPS) is 12.1. The molecule has 0 fully saturated rings. The number of thioether (sulfide) groups is 1. The van der Waals surface area contributed by atoms with Crippen LogP contribution >= 0.6 is 11.8 Å². The van der Waals surface area contributed by atoms with Crippen molar-refractivity contribution in [1.82, 2.24) is 19.7 Å². The molecule has 2 aromatic carbocycles. The van der Waals surface area contributed by atoms with Gasteiger partial charge >= 0.3 is 0 Å². The van der Waals surface area contributed by atoms with Crippen LogP contribution in [0.1, 0.15) is 29.9 Å². The molecule has 0 aliphatic rings. The maximum atomic E-state index is 13.4. The summed E-state index contributed by atoms with van der Waals surface area (Å²) in [7, 11) is 3.97. The third-order valence-corrected chi connectivity index (χ3v) is 5.34. The molecule has 0 spiro atoms. The maximum Gasteiger partial charge on any atom is 0.196 e. The van der Waals surface area contributed by atoms with E-state index >= 15 is 0 Å². The van der Waals surface area contributed by atoms with Crippen LogP contribution in [-0.4, -0.2) is 33.8 Å². The van der Waals surface area contributed by atoms with Crippen LogP contribution in [0.25, 0.3) is 5.69 Å². The summed E-state index contributed by atoms with van der Waals surface area (Å²) in [6, 6.07) is 16.0. The Morgan fingerprint density at radius 3 is 2.37 bits per heavy atom. The van der Waals surface area contributed by atoms with Crippen LogP contribution in [0.2, 0.25) is 0 Å². The molecule has 0 aliphatic heterocycles. The summed E-state index contributed by atoms with van der Waals surface area (Å²) in [6.07, 6.45) is 0. The number of benzene rings is 2. The average Bonchev–Trinajstić information content (AvgIpc) is 3.10. The summed E-state index contributed by atoms with van der Waals surface area (Å²) < 4.78 is 15.3. The molecule has 27 heavy (non-hydrogen) atoms. The van der Waals surface area contributed by atoms with Crippen molar-refractivity contribution in [3.8, 4) is 11.8 Å². The number of halogens is 1. The van der Waals surface area contributed by atoms with Crippen LogP contribution in [-0.2, 0) is 5.75 Å². The molecule has 0 radical (unpaired) electrons. The van der Waals surface area contributed by atoms with Crippen molar-refractivity contribution >= 4 is 11.8 Å². The van der Waals surface area contributed by atoms with E-state index in [-0.39, 0.29) is 11.9 Å². The second kappa shape index (κ2) is 8.33. The van der Waals surface area contributed by atoms with Gasteiger partial charge in [0.1, 0.15) is 5.82 Å². The van der Waals surface area contributed by atoms with Crippen LogP contribution in [0.15, 0.2) is 53.7 Å². The van der Waals surface area contributed by atoms with Crippen molar-refractivity contribution in [2.75, 3.05) is 14.1 Å². The van der Waals surface area contributed by atoms with Gasteiger partial charge in [0.05, 0.1) is 17.7 Å². The zero-order chi connectivity index (χ0) is 19.4. The van der Waals surface area contributed by atoms with Crippen LogP contribution in [0.3, 0.4) is 0 Å². The van der Waals surface area contributed by atoms with E-state index in [9.17, 15) is 4.39 Å². The van der Waals surface area contributed by atoms with E-state index in [0.717, 1.165) is 22.2 Å². The van der Waals surface area contributed by atoms with Gasteiger partial charge in [-0.15, -0.1) is 10.2 Å². The van der Waals surface area contributed by atoms with Crippen molar-refractivity contribution in [1.29, 1.82) is 5.26 Å². The fourth-order valence-corrected chi connectivity index (χ4v) is 3.45. The van der Waals surface area contributed by atoms with E-state index in [1.165, 1.54) is 12.1 Å². The van der Waals surface area contributed by atoms with Crippen molar-refractivity contribution in [3.05, 3.63) is 71.3 Å². The lowest BCUT2D eigenvalue weighted by atomic mass is 10.2. The van der Waals surface area contributed by atoms with Crippen LogP contribution in [0, 0.1) is 17.1 Å². The maximum absolute atomic E-state index is 13.4. The zero-order valence-electron chi connectivity index (χ0n) is 15.4. The Morgan fingerprint density at radius 1 is 1.11 bits per heavy atom. The fraction of sp³-hybridized carbons (Fsp3) is 0.250. The Bertz CT molecular complexity index is 942. The summed E-state index contributed by atoms with van der Waals surface area (Å²) in [4.78, 5) is 2.05. The van der Waals surface area contributed by atoms with E-state index in [1.807, 2.05) is 30.8 Å². The van der Waals surface area contributed by atoms with Crippen molar-refractivity contribution < 1.29 is 4.39 Å². The Morgan fingerprint density at radius 2 is 1.78 bits per heavy atom. The molecule has 5 nitrogen and oxygen atoms in total. The van der Waals surface area contributed by atoms with Crippen LogP contribution < -0.4 is 0 Å². The first-order chi connectivity index (χ1) is 13.0. The zero-order valence-corrected chi connectivity index (χ0v) is 16.2. The minimum absolute atomic E-state index is 0.0480. The molecule has 0 bridgehead atoms. The van der Waals surface area contributed by atoms with Gasteiger partial charge in [0.2, 0.25) is 0 Å². The monoisotopic (exact) mass is 381 g/mol. The Kier molecular flexibility index (Phi) is 5.89. The van der Waals surface area contributed by atoms with Gasteiger partial charge in [-0.3, -0.25) is 9.47 Å². The summed E-state index contributed by atoms with van der Waals surface area (Å²) in [5.74, 6) is 1.22. The lowest BCUT2D eigenvalue weighted by Crippen LogP contribution is -2.20. The van der Waals surface area contributed by atoms with Crippen molar-refractivity contribution in [3.63, 3.8) is 0 Å². The molecule has 0 saturated carbocycles. The molecule has 0 aliphatic carbocycles. The van der Waals surface area contributed by atoms with Gasteiger partial charge in [-0.1, -0.05) is 23.9 Å². The third kappa shape index (κ3) is 4.35. The Hall–Kier alpha value is -2.69. The lowest BCUT2D eigenvalue weighted by Gasteiger charge is -2.20. The molecule has 1 heterocycles. The molecule has 0 unspecified atom stereocenters. The summed E-state index contributed by atoms with van der Waals surface area (Å²) in [5.41, 5.74) is 2.56. The second-order valence-corrected chi connectivity index (χ2v) is 7.33. The van der Waals surface area contributed by atoms with Gasteiger partial charge in [-0.05, 0) is 63.0 Å². The standard InChI is InChI=1S/C20H20FN5S/c1-14(25(2)3)19-23-24-20(26(19)18-10-8-17(21)9-11-18)27-13-16-6-4-15(12-22)5-7-16/h4-11,14H,13H2,1-3H3/t14-/m0/s1. The predicted octanol–water partition coefficient (Wildman–Crippen LogP) is 4.19. The van der Waals surface area contributed by atoms with E-state index in [0.29, 0.717) is 11.3 Å². The van der Waals surface area contributed by atoms with Gasteiger partial charge in [0.25, 0.3) is 0 Å². The number of rotatable bonds is 6. The molecule has 0 amide bonds. The van der Waals surface area contributed by atoms with Gasteiger partial charge in [-0.25, -0.2) is 4.39 Å². The number of aromatic nitrogens is 3. The number of hydrogen-bond acceptors (Lipinski definition) is 5. The molecule has 1 atom stereocenters.